The predicted octanol–water partition coefficient (Wildman–Crippen LogP) is 6.73. The van der Waals surface area contributed by atoms with Crippen LogP contribution in [-0.4, -0.2) is 0 Å². The Balaban J connectivity index is 0.000000453. The van der Waals surface area contributed by atoms with Crippen molar-refractivity contribution in [3.63, 3.8) is 0 Å². The van der Waals surface area contributed by atoms with Gasteiger partial charge in [-0.2, -0.15) is 0 Å². The first-order valence-electron chi connectivity index (χ1n) is 7.53. The summed E-state index contributed by atoms with van der Waals surface area (Å²) in [7, 11) is 0. The molecule has 0 radical (unpaired) electrons. The van der Waals surface area contributed by atoms with Crippen LogP contribution in [0.1, 0.15) is 59.1 Å². The smallest absolute Gasteiger partial charge is 0.00135 e. The molecule has 0 heteroatoms. The van der Waals surface area contributed by atoms with Gasteiger partial charge in [0.15, 0.2) is 0 Å². The van der Waals surface area contributed by atoms with Crippen LogP contribution in [0.4, 0.5) is 0 Å². The van der Waals surface area contributed by atoms with Gasteiger partial charge in [0.2, 0.25) is 0 Å². The zero-order valence-electron chi connectivity index (χ0n) is 12.7. The Bertz CT molecular complexity index is 437. The van der Waals surface area contributed by atoms with E-state index in [9.17, 15) is 0 Å². The van der Waals surface area contributed by atoms with Crippen LogP contribution >= 0.6 is 0 Å². The van der Waals surface area contributed by atoms with Gasteiger partial charge in [-0.25, -0.2) is 0 Å². The molecule has 0 atom stereocenters. The molecule has 2 aromatic carbocycles. The van der Waals surface area contributed by atoms with Crippen molar-refractivity contribution >= 4 is 0 Å². The fourth-order valence-corrected chi connectivity index (χ4v) is 2.08. The Morgan fingerprint density at radius 3 is 1.40 bits per heavy atom. The van der Waals surface area contributed by atoms with E-state index >= 15 is 0 Å². The van der Waals surface area contributed by atoms with Crippen LogP contribution in [0.25, 0.3) is 11.1 Å². The predicted molar refractivity (Wildman–Crippen MR) is 93.3 cm³/mol. The van der Waals surface area contributed by atoms with Gasteiger partial charge in [0.1, 0.15) is 0 Å². The highest BCUT2D eigenvalue weighted by molar-refractivity contribution is 5.76. The summed E-state index contributed by atoms with van der Waals surface area (Å²) in [5.41, 5.74) is 5.75. The molecule has 0 bridgehead atoms. The summed E-state index contributed by atoms with van der Waals surface area (Å²) < 4.78 is 0. The van der Waals surface area contributed by atoms with Crippen molar-refractivity contribution in [2.45, 2.75) is 54.4 Å². The highest BCUT2D eigenvalue weighted by Gasteiger charge is 2.15. The molecule has 0 unspecified atom stereocenters. The van der Waals surface area contributed by atoms with Crippen molar-refractivity contribution < 1.29 is 0 Å². The maximum atomic E-state index is 2.22. The summed E-state index contributed by atoms with van der Waals surface area (Å²) in [6, 6.07) is 17.3. The average Bonchev–Trinajstić information content (AvgIpc) is 2.88. The van der Waals surface area contributed by atoms with Crippen molar-refractivity contribution in [3.8, 4) is 11.1 Å². The van der Waals surface area contributed by atoms with Gasteiger partial charge in [-0.3, -0.25) is 0 Å². The van der Waals surface area contributed by atoms with Gasteiger partial charge in [0, 0.05) is 0 Å². The topological polar surface area (TPSA) is 0 Å². The lowest BCUT2D eigenvalue weighted by molar-refractivity contribution is 0.886. The summed E-state index contributed by atoms with van der Waals surface area (Å²) in [4.78, 5) is 0. The Kier molecular flexibility index (Phi) is 9.45. The minimum atomic E-state index is 0. The molecule has 20 heavy (non-hydrogen) atoms. The van der Waals surface area contributed by atoms with Crippen LogP contribution in [0.5, 0.6) is 0 Å². The third-order valence-corrected chi connectivity index (χ3v) is 3.21. The molecule has 0 N–H and O–H groups in total. The number of hydrogen-bond donors (Lipinski definition) is 0. The van der Waals surface area contributed by atoms with Crippen LogP contribution in [-0.2, 0) is 6.42 Å². The summed E-state index contributed by atoms with van der Waals surface area (Å²) >= 11 is 0. The van der Waals surface area contributed by atoms with Crippen molar-refractivity contribution in [3.05, 3.63) is 59.7 Å². The van der Waals surface area contributed by atoms with Gasteiger partial charge in [-0.05, 0) is 28.7 Å². The standard InChI is InChI=1S/C13H10.C4H10.C2H6.CH4/c1-3-7-12-10(5-1)9-11-6-2-4-8-13(11)12;1-3-4-2;1-2;/h1-8H,9H2;3-4H2,1-2H3;1-2H3;1H4. The molecule has 0 heterocycles. The van der Waals surface area contributed by atoms with E-state index in [1.54, 1.807) is 0 Å². The van der Waals surface area contributed by atoms with Gasteiger partial charge >= 0.3 is 0 Å². The van der Waals surface area contributed by atoms with E-state index in [0.29, 0.717) is 0 Å². The van der Waals surface area contributed by atoms with E-state index in [0.717, 1.165) is 6.42 Å². The molecule has 0 nitrogen and oxygen atoms in total. The Morgan fingerprint density at radius 1 is 0.700 bits per heavy atom. The van der Waals surface area contributed by atoms with Crippen molar-refractivity contribution in [1.29, 1.82) is 0 Å². The molecule has 0 fully saturated rings. The third-order valence-electron chi connectivity index (χ3n) is 3.21. The zero-order valence-corrected chi connectivity index (χ0v) is 12.7. The number of benzene rings is 2. The number of unbranched alkanes of at least 4 members (excludes halogenated alkanes) is 1. The van der Waals surface area contributed by atoms with Crippen molar-refractivity contribution in [1.82, 2.24) is 0 Å². The highest BCUT2D eigenvalue weighted by Crippen LogP contribution is 2.35. The summed E-state index contributed by atoms with van der Waals surface area (Å²) in [6.45, 7) is 8.36. The molecule has 110 valence electrons. The molecular formula is C20H30. The molecule has 0 spiro atoms. The second-order valence-electron chi connectivity index (χ2n) is 4.49. The van der Waals surface area contributed by atoms with Crippen LogP contribution in [0, 0.1) is 0 Å². The highest BCUT2D eigenvalue weighted by atomic mass is 14.2. The number of hydrogen-bond acceptors (Lipinski definition) is 0. The minimum Gasteiger partial charge on any atom is -0.0776 e. The maximum absolute atomic E-state index is 2.22. The van der Waals surface area contributed by atoms with Crippen LogP contribution in [0.2, 0.25) is 0 Å². The molecule has 2 aromatic rings. The van der Waals surface area contributed by atoms with Crippen LogP contribution in [0.15, 0.2) is 48.5 Å². The first-order chi connectivity index (χ1) is 9.36. The molecule has 0 aliphatic heterocycles. The lowest BCUT2D eigenvalue weighted by Gasteiger charge is -1.98. The molecule has 0 saturated heterocycles. The summed E-state index contributed by atoms with van der Waals surface area (Å²) in [5.74, 6) is 0. The molecular weight excluding hydrogens is 240 g/mol. The van der Waals surface area contributed by atoms with Gasteiger partial charge in [0.05, 0.1) is 0 Å². The Labute approximate surface area is 125 Å². The largest absolute Gasteiger partial charge is 0.0776 e. The summed E-state index contributed by atoms with van der Waals surface area (Å²) in [5, 5.41) is 0. The molecule has 0 saturated carbocycles. The molecule has 3 rings (SSSR count). The Hall–Kier alpha value is -1.56. The van der Waals surface area contributed by atoms with Gasteiger partial charge in [0.25, 0.3) is 0 Å². The lowest BCUT2D eigenvalue weighted by Crippen LogP contribution is -1.77. The van der Waals surface area contributed by atoms with Gasteiger partial charge in [-0.1, -0.05) is 96.5 Å². The minimum absolute atomic E-state index is 0. The normalized spacial score (nSPS) is 9.80. The van der Waals surface area contributed by atoms with Crippen molar-refractivity contribution in [2.75, 3.05) is 0 Å². The second kappa shape index (κ2) is 10.3. The fraction of sp³-hybridized carbons (Fsp3) is 0.400. The molecule has 1 aliphatic carbocycles. The monoisotopic (exact) mass is 270 g/mol. The van der Waals surface area contributed by atoms with E-state index in [-0.39, 0.29) is 7.43 Å². The van der Waals surface area contributed by atoms with Crippen LogP contribution < -0.4 is 0 Å². The van der Waals surface area contributed by atoms with E-state index in [1.165, 1.54) is 35.1 Å². The first kappa shape index (κ1) is 18.4. The molecule has 0 amide bonds. The van der Waals surface area contributed by atoms with Gasteiger partial charge in [-0.15, -0.1) is 0 Å². The van der Waals surface area contributed by atoms with E-state index in [4.69, 9.17) is 0 Å². The second-order valence-corrected chi connectivity index (χ2v) is 4.49. The number of rotatable bonds is 1. The first-order valence-corrected chi connectivity index (χ1v) is 7.53. The quantitative estimate of drug-likeness (QED) is 0.460. The zero-order chi connectivity index (χ0) is 14.1. The van der Waals surface area contributed by atoms with Crippen molar-refractivity contribution in [2.24, 2.45) is 0 Å². The van der Waals surface area contributed by atoms with Crippen LogP contribution in [0.3, 0.4) is 0 Å². The lowest BCUT2D eigenvalue weighted by atomic mass is 10.1. The molecule has 0 aromatic heterocycles. The van der Waals surface area contributed by atoms with E-state index < -0.39 is 0 Å². The molecule has 1 aliphatic rings. The average molecular weight is 270 g/mol. The number of fused-ring (bicyclic) bond motifs is 3. The third kappa shape index (κ3) is 4.52. The SMILES string of the molecule is C.CC.CCCC.c1ccc2c(c1)Cc1ccccc1-2. The Morgan fingerprint density at radius 2 is 1.05 bits per heavy atom. The fourth-order valence-electron chi connectivity index (χ4n) is 2.08. The van der Waals surface area contributed by atoms with E-state index in [1.807, 2.05) is 13.8 Å². The summed E-state index contributed by atoms with van der Waals surface area (Å²) in [6.07, 6.45) is 3.74. The van der Waals surface area contributed by atoms with Gasteiger partial charge < -0.3 is 0 Å². The van der Waals surface area contributed by atoms with E-state index in [2.05, 4.69) is 62.4 Å². The maximum Gasteiger partial charge on any atom is -0.00135 e.